The van der Waals surface area contributed by atoms with Gasteiger partial charge in [-0.25, -0.2) is 9.97 Å². The molecule has 0 spiro atoms. The van der Waals surface area contributed by atoms with Crippen LogP contribution in [-0.2, 0) is 10.3 Å². The van der Waals surface area contributed by atoms with Crippen molar-refractivity contribution in [3.63, 3.8) is 0 Å². The van der Waals surface area contributed by atoms with E-state index in [-0.39, 0.29) is 11.4 Å². The van der Waals surface area contributed by atoms with E-state index in [0.717, 1.165) is 25.7 Å². The number of nitrogens with two attached hydrogens (primary N) is 2. The number of hydrogen-bond acceptors (Lipinski definition) is 5. The molecule has 1 aliphatic rings. The zero-order chi connectivity index (χ0) is 15.5. The second-order valence-electron chi connectivity index (χ2n) is 5.60. The maximum absolute atomic E-state index is 11.4. The molecule has 0 saturated heterocycles. The van der Waals surface area contributed by atoms with Crippen molar-refractivity contribution < 1.29 is 9.53 Å². The molecule has 1 amide bonds. The minimum Gasteiger partial charge on any atom is -0.383 e. The van der Waals surface area contributed by atoms with E-state index >= 15 is 0 Å². The van der Waals surface area contributed by atoms with Crippen molar-refractivity contribution in [1.29, 1.82) is 0 Å². The van der Waals surface area contributed by atoms with E-state index in [1.165, 1.54) is 12.8 Å². The number of hydrogen-bond donors (Lipinski definition) is 2. The van der Waals surface area contributed by atoms with Crippen molar-refractivity contribution >= 4 is 11.7 Å². The second-order valence-corrected chi connectivity index (χ2v) is 5.60. The average molecular weight is 292 g/mol. The summed E-state index contributed by atoms with van der Waals surface area (Å²) in [5.41, 5.74) is 11.5. The molecule has 2 rings (SSSR count). The number of nitrogens with zero attached hydrogens (tertiary/aromatic N) is 2. The molecule has 6 heteroatoms. The van der Waals surface area contributed by atoms with E-state index < -0.39 is 11.5 Å². The molecular weight excluding hydrogens is 268 g/mol. The number of carbonyl (C=O) groups excluding carboxylic acids is 1. The normalized spacial score (nSPS) is 18.2. The van der Waals surface area contributed by atoms with E-state index in [9.17, 15) is 4.79 Å². The zero-order valence-corrected chi connectivity index (χ0v) is 12.8. The first-order valence-corrected chi connectivity index (χ1v) is 7.58. The van der Waals surface area contributed by atoms with Gasteiger partial charge in [0.25, 0.3) is 5.91 Å². The third-order valence-electron chi connectivity index (χ3n) is 4.10. The summed E-state index contributed by atoms with van der Waals surface area (Å²) in [5.74, 6) is 0.141. The van der Waals surface area contributed by atoms with E-state index in [0.29, 0.717) is 18.1 Å². The minimum absolute atomic E-state index is 0.147. The van der Waals surface area contributed by atoms with Crippen LogP contribution in [0, 0.1) is 6.92 Å². The number of ether oxygens (including phenoxy) is 1. The summed E-state index contributed by atoms with van der Waals surface area (Å²) in [6, 6.07) is 0. The van der Waals surface area contributed by atoms with Crippen LogP contribution in [0.3, 0.4) is 0 Å². The van der Waals surface area contributed by atoms with E-state index in [1.54, 1.807) is 6.92 Å². The third-order valence-corrected chi connectivity index (χ3v) is 4.10. The highest BCUT2D eigenvalue weighted by molar-refractivity contribution is 5.98. The fourth-order valence-corrected chi connectivity index (χ4v) is 3.11. The molecule has 1 aromatic rings. The molecular formula is C15H24N4O2. The number of nitrogen functional groups attached to an aromatic ring is 1. The second kappa shape index (κ2) is 6.39. The van der Waals surface area contributed by atoms with Gasteiger partial charge in [-0.15, -0.1) is 0 Å². The maximum Gasteiger partial charge on any atom is 0.254 e. The first kappa shape index (κ1) is 15.7. The monoisotopic (exact) mass is 292 g/mol. The first-order valence-electron chi connectivity index (χ1n) is 7.58. The fraction of sp³-hybridized carbons (Fsp3) is 0.667. The molecule has 4 N–H and O–H groups in total. The van der Waals surface area contributed by atoms with Crippen LogP contribution in [0.1, 0.15) is 67.3 Å². The highest BCUT2D eigenvalue weighted by atomic mass is 16.5. The number of aryl methyl sites for hydroxylation is 1. The largest absolute Gasteiger partial charge is 0.383 e. The lowest BCUT2D eigenvalue weighted by molar-refractivity contribution is -0.0624. The van der Waals surface area contributed by atoms with Gasteiger partial charge in [0.1, 0.15) is 17.0 Å². The van der Waals surface area contributed by atoms with Crippen LogP contribution in [0.5, 0.6) is 0 Å². The Hall–Kier alpha value is -1.69. The summed E-state index contributed by atoms with van der Waals surface area (Å²) in [6.07, 6.45) is 6.33. The molecule has 0 radical (unpaired) electrons. The van der Waals surface area contributed by atoms with Crippen molar-refractivity contribution in [2.24, 2.45) is 5.73 Å². The van der Waals surface area contributed by atoms with Crippen molar-refractivity contribution in [3.05, 3.63) is 17.1 Å². The Morgan fingerprint density at radius 2 is 1.86 bits per heavy atom. The lowest BCUT2D eigenvalue weighted by Crippen LogP contribution is -2.33. The number of rotatable bonds is 4. The van der Waals surface area contributed by atoms with Crippen molar-refractivity contribution in [1.82, 2.24) is 9.97 Å². The summed E-state index contributed by atoms with van der Waals surface area (Å²) in [7, 11) is 0. The Kier molecular flexibility index (Phi) is 4.77. The van der Waals surface area contributed by atoms with Gasteiger partial charge in [0, 0.05) is 6.61 Å². The molecule has 1 fully saturated rings. The molecule has 0 aromatic carbocycles. The van der Waals surface area contributed by atoms with Gasteiger partial charge < -0.3 is 16.2 Å². The molecule has 0 atom stereocenters. The Labute approximate surface area is 125 Å². The summed E-state index contributed by atoms with van der Waals surface area (Å²) in [4.78, 5) is 20.3. The number of carbonyl (C=O) groups is 1. The van der Waals surface area contributed by atoms with Crippen LogP contribution in [-0.4, -0.2) is 22.5 Å². The summed E-state index contributed by atoms with van der Waals surface area (Å²) in [6.45, 7) is 4.30. The van der Waals surface area contributed by atoms with Gasteiger partial charge in [-0.05, 0) is 26.7 Å². The van der Waals surface area contributed by atoms with Crippen LogP contribution in [0.4, 0.5) is 5.82 Å². The average Bonchev–Trinajstić information content (AvgIpc) is 2.64. The van der Waals surface area contributed by atoms with Gasteiger partial charge in [-0.3, -0.25) is 4.79 Å². The Morgan fingerprint density at radius 1 is 1.24 bits per heavy atom. The van der Waals surface area contributed by atoms with Crippen molar-refractivity contribution in [2.75, 3.05) is 12.3 Å². The summed E-state index contributed by atoms with van der Waals surface area (Å²) >= 11 is 0. The van der Waals surface area contributed by atoms with Gasteiger partial charge in [0.2, 0.25) is 0 Å². The van der Waals surface area contributed by atoms with E-state index in [2.05, 4.69) is 9.97 Å². The third kappa shape index (κ3) is 3.15. The van der Waals surface area contributed by atoms with Crippen LogP contribution < -0.4 is 11.5 Å². The van der Waals surface area contributed by atoms with Crippen LogP contribution in [0.15, 0.2) is 0 Å². The first-order chi connectivity index (χ1) is 10.00. The summed E-state index contributed by atoms with van der Waals surface area (Å²) in [5, 5.41) is 0. The van der Waals surface area contributed by atoms with Gasteiger partial charge >= 0.3 is 0 Å². The fourth-order valence-electron chi connectivity index (χ4n) is 3.11. The molecule has 116 valence electrons. The van der Waals surface area contributed by atoms with Crippen LogP contribution in [0.25, 0.3) is 0 Å². The minimum atomic E-state index is -0.595. The zero-order valence-electron chi connectivity index (χ0n) is 12.8. The molecule has 21 heavy (non-hydrogen) atoms. The predicted octanol–water partition coefficient (Wildman–Crippen LogP) is 2.05. The maximum atomic E-state index is 11.4. The molecule has 1 aromatic heterocycles. The highest BCUT2D eigenvalue weighted by Gasteiger charge is 2.37. The molecule has 6 nitrogen and oxygen atoms in total. The van der Waals surface area contributed by atoms with Gasteiger partial charge in [-0.2, -0.15) is 0 Å². The Morgan fingerprint density at radius 3 is 2.33 bits per heavy atom. The van der Waals surface area contributed by atoms with Crippen molar-refractivity contribution in [2.45, 2.75) is 58.0 Å². The SMILES string of the molecule is CCOC1(c2nc(C)c(C(N)=O)c(N)n2)CCCCCC1. The van der Waals surface area contributed by atoms with Crippen LogP contribution >= 0.6 is 0 Å². The molecule has 0 unspecified atom stereocenters. The van der Waals surface area contributed by atoms with Gasteiger partial charge in [0.15, 0.2) is 5.82 Å². The van der Waals surface area contributed by atoms with E-state index in [1.807, 2.05) is 6.92 Å². The van der Waals surface area contributed by atoms with E-state index in [4.69, 9.17) is 16.2 Å². The standard InChI is InChI=1S/C15H24N4O2/c1-3-21-15(8-6-4-5-7-9-15)14-18-10(2)11(13(17)20)12(16)19-14/h3-9H2,1-2H3,(H2,17,20)(H2,16,18,19). The van der Waals surface area contributed by atoms with Gasteiger partial charge in [0.05, 0.1) is 5.69 Å². The lowest BCUT2D eigenvalue weighted by atomic mass is 9.92. The smallest absolute Gasteiger partial charge is 0.254 e. The predicted molar refractivity (Wildman–Crippen MR) is 80.7 cm³/mol. The Balaban J connectivity index is 2.47. The molecule has 1 saturated carbocycles. The van der Waals surface area contributed by atoms with Gasteiger partial charge in [-0.1, -0.05) is 25.7 Å². The number of anilines is 1. The number of primary amides is 1. The highest BCUT2D eigenvalue weighted by Crippen LogP contribution is 2.38. The number of amides is 1. The number of aromatic nitrogens is 2. The van der Waals surface area contributed by atoms with Crippen molar-refractivity contribution in [3.8, 4) is 0 Å². The molecule has 1 aliphatic carbocycles. The summed E-state index contributed by atoms with van der Waals surface area (Å²) < 4.78 is 6.05. The molecule has 0 bridgehead atoms. The molecule has 0 aliphatic heterocycles. The quantitative estimate of drug-likeness (QED) is 0.826. The molecule has 1 heterocycles. The Bertz CT molecular complexity index is 499. The van der Waals surface area contributed by atoms with Crippen LogP contribution in [0.2, 0.25) is 0 Å². The topological polar surface area (TPSA) is 104 Å². The lowest BCUT2D eigenvalue weighted by Gasteiger charge is -2.31.